The van der Waals surface area contributed by atoms with Gasteiger partial charge in [-0.05, 0) is 30.7 Å². The van der Waals surface area contributed by atoms with Crippen molar-refractivity contribution in [3.05, 3.63) is 23.8 Å². The maximum Gasteiger partial charge on any atom is 0.305 e. The number of benzene rings is 1. The number of anilines is 2. The fourth-order valence-corrected chi connectivity index (χ4v) is 2.22. The minimum Gasteiger partial charge on any atom is -0.481 e. The molecule has 0 bridgehead atoms. The summed E-state index contributed by atoms with van der Waals surface area (Å²) in [6.45, 7) is 2.19. The van der Waals surface area contributed by atoms with Gasteiger partial charge in [0.25, 0.3) is 0 Å². The molecule has 0 aromatic heterocycles. The van der Waals surface area contributed by atoms with Gasteiger partial charge in [-0.25, -0.2) is 8.42 Å². The van der Waals surface area contributed by atoms with Crippen LogP contribution in [0.1, 0.15) is 12.0 Å². The van der Waals surface area contributed by atoms with Crippen LogP contribution in [0.2, 0.25) is 0 Å². The van der Waals surface area contributed by atoms with Crippen molar-refractivity contribution in [3.63, 3.8) is 0 Å². The number of aliphatic carboxylic acids is 1. The average Bonchev–Trinajstić information content (AvgIpc) is 2.27. The highest BCUT2D eigenvalue weighted by Gasteiger charge is 2.08. The summed E-state index contributed by atoms with van der Waals surface area (Å²) >= 11 is 0. The first-order chi connectivity index (χ1) is 8.69. The van der Waals surface area contributed by atoms with Gasteiger partial charge in [0, 0.05) is 19.3 Å². The molecule has 0 saturated carbocycles. The molecule has 0 aliphatic carbocycles. The van der Waals surface area contributed by atoms with Crippen molar-refractivity contribution < 1.29 is 18.3 Å². The molecule has 1 aromatic rings. The van der Waals surface area contributed by atoms with Crippen molar-refractivity contribution in [2.24, 2.45) is 0 Å². The van der Waals surface area contributed by atoms with Crippen LogP contribution in [0, 0.1) is 6.92 Å². The quantitative estimate of drug-likeness (QED) is 0.822. The van der Waals surface area contributed by atoms with Crippen molar-refractivity contribution in [1.29, 1.82) is 0 Å². The van der Waals surface area contributed by atoms with Gasteiger partial charge in [0.05, 0.1) is 18.4 Å². The van der Waals surface area contributed by atoms with E-state index in [-0.39, 0.29) is 6.42 Å². The summed E-state index contributed by atoms with van der Waals surface area (Å²) in [6.07, 6.45) is 1.15. The molecule has 19 heavy (non-hydrogen) atoms. The van der Waals surface area contributed by atoms with Gasteiger partial charge >= 0.3 is 5.97 Å². The number of sulfonamides is 1. The van der Waals surface area contributed by atoms with Gasteiger partial charge in [-0.2, -0.15) is 0 Å². The van der Waals surface area contributed by atoms with Gasteiger partial charge in [0.15, 0.2) is 0 Å². The fourth-order valence-electron chi connectivity index (χ4n) is 1.59. The van der Waals surface area contributed by atoms with E-state index in [1.807, 2.05) is 11.0 Å². The Morgan fingerprint density at radius 2 is 2.05 bits per heavy atom. The predicted molar refractivity (Wildman–Crippen MR) is 75.2 cm³/mol. The largest absolute Gasteiger partial charge is 0.481 e. The minimum atomic E-state index is -3.30. The number of carboxylic acid groups (broad SMARTS) is 1. The van der Waals surface area contributed by atoms with E-state index in [9.17, 15) is 13.2 Å². The Morgan fingerprint density at radius 1 is 1.42 bits per heavy atom. The van der Waals surface area contributed by atoms with Crippen LogP contribution in [0.25, 0.3) is 0 Å². The minimum absolute atomic E-state index is 0.0545. The van der Waals surface area contributed by atoms with E-state index in [2.05, 4.69) is 4.72 Å². The van der Waals surface area contributed by atoms with E-state index in [4.69, 9.17) is 5.11 Å². The zero-order valence-corrected chi connectivity index (χ0v) is 12.0. The SMILES string of the molecule is Cc1cc(N(C)CCC(=O)O)ccc1NS(C)(=O)=O. The van der Waals surface area contributed by atoms with E-state index < -0.39 is 16.0 Å². The molecule has 0 spiro atoms. The molecule has 0 amide bonds. The number of carboxylic acids is 1. The van der Waals surface area contributed by atoms with Crippen molar-refractivity contribution in [2.75, 3.05) is 29.5 Å². The summed E-state index contributed by atoms with van der Waals surface area (Å²) < 4.78 is 24.8. The highest BCUT2D eigenvalue weighted by Crippen LogP contribution is 2.22. The van der Waals surface area contributed by atoms with Gasteiger partial charge in [-0.1, -0.05) is 0 Å². The summed E-state index contributed by atoms with van der Waals surface area (Å²) in [5.41, 5.74) is 2.15. The average molecular weight is 286 g/mol. The Morgan fingerprint density at radius 3 is 2.53 bits per heavy atom. The Labute approximate surface area is 113 Å². The van der Waals surface area contributed by atoms with Gasteiger partial charge in [0.2, 0.25) is 10.0 Å². The number of rotatable bonds is 6. The second kappa shape index (κ2) is 5.92. The van der Waals surface area contributed by atoms with E-state index in [1.165, 1.54) is 0 Å². The molecule has 2 N–H and O–H groups in total. The summed E-state index contributed by atoms with van der Waals surface area (Å²) in [5, 5.41) is 8.63. The lowest BCUT2D eigenvalue weighted by molar-refractivity contribution is -0.136. The molecule has 0 aliphatic rings. The Hall–Kier alpha value is -1.76. The van der Waals surface area contributed by atoms with Crippen molar-refractivity contribution in [2.45, 2.75) is 13.3 Å². The lowest BCUT2D eigenvalue weighted by Crippen LogP contribution is -2.21. The Balaban J connectivity index is 2.84. The maximum absolute atomic E-state index is 11.2. The number of nitrogens with zero attached hydrogens (tertiary/aromatic N) is 1. The smallest absolute Gasteiger partial charge is 0.305 e. The van der Waals surface area contributed by atoms with Crippen LogP contribution in [0.15, 0.2) is 18.2 Å². The zero-order chi connectivity index (χ0) is 14.6. The second-order valence-corrected chi connectivity index (χ2v) is 6.19. The van der Waals surface area contributed by atoms with Gasteiger partial charge in [0.1, 0.15) is 0 Å². The van der Waals surface area contributed by atoms with Crippen LogP contribution in [-0.2, 0) is 14.8 Å². The highest BCUT2D eigenvalue weighted by molar-refractivity contribution is 7.92. The van der Waals surface area contributed by atoms with Crippen LogP contribution >= 0.6 is 0 Å². The molecule has 0 atom stereocenters. The van der Waals surface area contributed by atoms with Crippen LogP contribution in [0.3, 0.4) is 0 Å². The molecule has 0 radical (unpaired) electrons. The van der Waals surface area contributed by atoms with E-state index in [1.54, 1.807) is 26.1 Å². The molecular formula is C12H18N2O4S. The molecule has 6 nitrogen and oxygen atoms in total. The molecule has 106 valence electrons. The molecule has 7 heteroatoms. The van der Waals surface area contributed by atoms with E-state index >= 15 is 0 Å². The molecule has 0 saturated heterocycles. The number of hydrogen-bond donors (Lipinski definition) is 2. The van der Waals surface area contributed by atoms with Crippen LogP contribution in [0.4, 0.5) is 11.4 Å². The Kier molecular flexibility index (Phi) is 4.77. The van der Waals surface area contributed by atoms with E-state index in [0.29, 0.717) is 12.2 Å². The normalized spacial score (nSPS) is 11.1. The second-order valence-electron chi connectivity index (χ2n) is 4.44. The van der Waals surface area contributed by atoms with Crippen LogP contribution in [0.5, 0.6) is 0 Å². The summed E-state index contributed by atoms with van der Waals surface area (Å²) in [4.78, 5) is 12.3. The van der Waals surface area contributed by atoms with Crippen LogP contribution in [-0.4, -0.2) is 39.3 Å². The lowest BCUT2D eigenvalue weighted by Gasteiger charge is -2.20. The number of carbonyl (C=O) groups is 1. The summed E-state index contributed by atoms with van der Waals surface area (Å²) in [7, 11) is -1.50. The number of hydrogen-bond acceptors (Lipinski definition) is 4. The topological polar surface area (TPSA) is 86.7 Å². The third-order valence-corrected chi connectivity index (χ3v) is 3.20. The number of nitrogens with one attached hydrogen (secondary N) is 1. The highest BCUT2D eigenvalue weighted by atomic mass is 32.2. The number of aryl methyl sites for hydroxylation is 1. The van der Waals surface area contributed by atoms with Crippen LogP contribution < -0.4 is 9.62 Å². The van der Waals surface area contributed by atoms with Gasteiger partial charge in [-0.15, -0.1) is 0 Å². The monoisotopic (exact) mass is 286 g/mol. The third-order valence-electron chi connectivity index (χ3n) is 2.61. The first-order valence-electron chi connectivity index (χ1n) is 5.70. The molecule has 0 heterocycles. The molecular weight excluding hydrogens is 268 g/mol. The lowest BCUT2D eigenvalue weighted by atomic mass is 10.1. The Bertz CT molecular complexity index is 569. The van der Waals surface area contributed by atoms with Crippen molar-refractivity contribution in [1.82, 2.24) is 0 Å². The molecule has 1 rings (SSSR count). The van der Waals surface area contributed by atoms with Crippen molar-refractivity contribution >= 4 is 27.4 Å². The fraction of sp³-hybridized carbons (Fsp3) is 0.417. The summed E-state index contributed by atoms with van der Waals surface area (Å²) in [6, 6.07) is 5.24. The standard InChI is InChI=1S/C12H18N2O4S/c1-9-8-10(14(2)7-6-12(15)16)4-5-11(9)13-19(3,17)18/h4-5,8,13H,6-7H2,1-3H3,(H,15,16). The van der Waals surface area contributed by atoms with Gasteiger partial charge in [-0.3, -0.25) is 9.52 Å². The molecule has 0 aliphatic heterocycles. The summed E-state index contributed by atoms with van der Waals surface area (Å²) in [5.74, 6) is -0.848. The molecule has 0 unspecified atom stereocenters. The van der Waals surface area contributed by atoms with Crippen molar-refractivity contribution in [3.8, 4) is 0 Å². The predicted octanol–water partition coefficient (Wildman–Crippen LogP) is 1.28. The maximum atomic E-state index is 11.2. The first kappa shape index (κ1) is 15.3. The first-order valence-corrected chi connectivity index (χ1v) is 7.59. The zero-order valence-electron chi connectivity index (χ0n) is 11.2. The van der Waals surface area contributed by atoms with E-state index in [0.717, 1.165) is 17.5 Å². The third kappa shape index (κ3) is 5.17. The molecule has 1 aromatic carbocycles. The molecule has 0 fully saturated rings. The van der Waals surface area contributed by atoms with Gasteiger partial charge < -0.3 is 10.0 Å².